The molecule has 1 aromatic carbocycles. The van der Waals surface area contributed by atoms with Crippen molar-refractivity contribution >= 4 is 15.7 Å². The van der Waals surface area contributed by atoms with E-state index in [9.17, 15) is 13.2 Å². The Kier molecular flexibility index (Phi) is 5.42. The Morgan fingerprint density at radius 3 is 2.70 bits per heavy atom. The smallest absolute Gasteiger partial charge is 0.272 e. The van der Waals surface area contributed by atoms with Crippen LogP contribution in [-0.4, -0.2) is 40.6 Å². The normalized spacial score (nSPS) is 17.7. The fourth-order valence-electron chi connectivity index (χ4n) is 3.64. The Morgan fingerprint density at radius 2 is 2.03 bits per heavy atom. The molecule has 0 aliphatic carbocycles. The van der Waals surface area contributed by atoms with Gasteiger partial charge < -0.3 is 5.32 Å². The Labute approximate surface area is 176 Å². The van der Waals surface area contributed by atoms with Crippen LogP contribution in [0, 0.1) is 13.8 Å². The number of aromatic nitrogens is 3. The largest absolute Gasteiger partial charge is 0.347 e. The van der Waals surface area contributed by atoms with E-state index >= 15 is 0 Å². The zero-order chi connectivity index (χ0) is 21.3. The number of hydrogen-bond acceptors (Lipinski definition) is 5. The fourth-order valence-corrected chi connectivity index (χ4v) is 5.34. The van der Waals surface area contributed by atoms with Gasteiger partial charge in [0.2, 0.25) is 0 Å². The van der Waals surface area contributed by atoms with Crippen molar-refractivity contribution in [3.8, 4) is 11.3 Å². The maximum absolute atomic E-state index is 12.8. The molecule has 1 fully saturated rings. The first-order chi connectivity index (χ1) is 14.3. The third-order valence-electron chi connectivity index (χ3n) is 5.50. The second-order valence-electron chi connectivity index (χ2n) is 7.76. The molecule has 0 spiro atoms. The lowest BCUT2D eigenvalue weighted by Gasteiger charge is -2.14. The van der Waals surface area contributed by atoms with E-state index in [0.29, 0.717) is 13.0 Å². The van der Waals surface area contributed by atoms with E-state index in [4.69, 9.17) is 0 Å². The minimum atomic E-state index is -3.08. The van der Waals surface area contributed by atoms with Crippen LogP contribution >= 0.6 is 0 Å². The van der Waals surface area contributed by atoms with Gasteiger partial charge in [-0.3, -0.25) is 14.5 Å². The van der Waals surface area contributed by atoms with Gasteiger partial charge in [0.05, 0.1) is 23.2 Å². The van der Waals surface area contributed by atoms with Crippen LogP contribution in [0.25, 0.3) is 11.3 Å². The molecule has 1 saturated heterocycles. The van der Waals surface area contributed by atoms with Crippen molar-refractivity contribution in [2.45, 2.75) is 32.9 Å². The van der Waals surface area contributed by atoms with E-state index in [0.717, 1.165) is 22.4 Å². The van der Waals surface area contributed by atoms with Crippen molar-refractivity contribution in [3.05, 3.63) is 71.2 Å². The average molecular weight is 425 g/mol. The topological polar surface area (TPSA) is 93.9 Å². The molecule has 30 heavy (non-hydrogen) atoms. The van der Waals surface area contributed by atoms with E-state index in [1.807, 2.05) is 44.2 Å². The highest BCUT2D eigenvalue weighted by atomic mass is 32.2. The Morgan fingerprint density at radius 1 is 1.20 bits per heavy atom. The van der Waals surface area contributed by atoms with Gasteiger partial charge in [-0.2, -0.15) is 5.10 Å². The molecule has 1 amide bonds. The number of amides is 1. The summed E-state index contributed by atoms with van der Waals surface area (Å²) >= 11 is 0. The molecular formula is C22H24N4O3S. The highest BCUT2D eigenvalue weighted by Gasteiger charge is 2.32. The molecule has 156 valence electrons. The molecule has 1 aliphatic heterocycles. The quantitative estimate of drug-likeness (QED) is 0.680. The van der Waals surface area contributed by atoms with Crippen LogP contribution in [0.1, 0.15) is 39.6 Å². The van der Waals surface area contributed by atoms with Crippen LogP contribution in [0.3, 0.4) is 0 Å². The standard InChI is InChI=1S/C22H24N4O3S/c1-15-5-6-18(10-16(15)2)21-11-20(22(27)24-13-17-4-3-8-23-12-17)25-26(21)19-7-9-30(28,29)14-19/h3-6,8,10-12,19H,7,9,13-14H2,1-2H3,(H,24,27). The summed E-state index contributed by atoms with van der Waals surface area (Å²) in [5, 5.41) is 7.38. The predicted octanol–water partition coefficient (Wildman–Crippen LogP) is 2.85. The number of nitrogens with one attached hydrogen (secondary N) is 1. The summed E-state index contributed by atoms with van der Waals surface area (Å²) in [5.74, 6) is -0.112. The van der Waals surface area contributed by atoms with Crippen LogP contribution in [-0.2, 0) is 16.4 Å². The molecule has 0 saturated carbocycles. The first kappa shape index (κ1) is 20.3. The second-order valence-corrected chi connectivity index (χ2v) is 9.99. The van der Waals surface area contributed by atoms with Gasteiger partial charge >= 0.3 is 0 Å². The molecule has 1 unspecified atom stereocenters. The highest BCUT2D eigenvalue weighted by Crippen LogP contribution is 2.31. The Bertz CT molecular complexity index is 1190. The Hall–Kier alpha value is -3.00. The molecule has 4 rings (SSSR count). The summed E-state index contributed by atoms with van der Waals surface area (Å²) in [4.78, 5) is 16.8. The predicted molar refractivity (Wildman–Crippen MR) is 115 cm³/mol. The van der Waals surface area contributed by atoms with Crippen molar-refractivity contribution in [3.63, 3.8) is 0 Å². The van der Waals surface area contributed by atoms with E-state index in [2.05, 4.69) is 15.4 Å². The first-order valence-electron chi connectivity index (χ1n) is 9.87. The summed E-state index contributed by atoms with van der Waals surface area (Å²) < 4.78 is 25.8. The molecule has 1 atom stereocenters. The summed E-state index contributed by atoms with van der Waals surface area (Å²) in [5.41, 5.74) is 5.13. The molecular weight excluding hydrogens is 400 g/mol. The molecule has 0 bridgehead atoms. The summed E-state index contributed by atoms with van der Waals surface area (Å²) in [6.45, 7) is 4.41. The van der Waals surface area contributed by atoms with Gasteiger partial charge in [0.15, 0.2) is 15.5 Å². The third kappa shape index (κ3) is 4.28. The average Bonchev–Trinajstić information content (AvgIpc) is 3.32. The molecule has 7 nitrogen and oxygen atoms in total. The number of hydrogen-bond donors (Lipinski definition) is 1. The van der Waals surface area contributed by atoms with Gasteiger partial charge in [-0.15, -0.1) is 0 Å². The monoisotopic (exact) mass is 424 g/mol. The number of aryl methyl sites for hydroxylation is 2. The lowest BCUT2D eigenvalue weighted by molar-refractivity contribution is 0.0945. The van der Waals surface area contributed by atoms with Gasteiger partial charge in [0.1, 0.15) is 0 Å². The second kappa shape index (κ2) is 8.02. The third-order valence-corrected chi connectivity index (χ3v) is 7.25. The lowest BCUT2D eigenvalue weighted by atomic mass is 10.0. The van der Waals surface area contributed by atoms with Crippen molar-refractivity contribution < 1.29 is 13.2 Å². The maximum Gasteiger partial charge on any atom is 0.272 e. The van der Waals surface area contributed by atoms with Crippen LogP contribution in [0.2, 0.25) is 0 Å². The summed E-state index contributed by atoms with van der Waals surface area (Å²) in [7, 11) is -3.08. The number of nitrogens with zero attached hydrogens (tertiary/aromatic N) is 3. The molecule has 8 heteroatoms. The molecule has 3 heterocycles. The summed E-state index contributed by atoms with van der Waals surface area (Å²) in [6, 6.07) is 11.2. The van der Waals surface area contributed by atoms with E-state index in [1.54, 1.807) is 23.1 Å². The maximum atomic E-state index is 12.8. The van der Waals surface area contributed by atoms with Crippen molar-refractivity contribution in [1.82, 2.24) is 20.1 Å². The zero-order valence-electron chi connectivity index (χ0n) is 17.0. The molecule has 1 N–H and O–H groups in total. The van der Waals surface area contributed by atoms with Gasteiger partial charge in [-0.25, -0.2) is 8.42 Å². The van der Waals surface area contributed by atoms with Crippen molar-refractivity contribution in [2.24, 2.45) is 0 Å². The minimum absolute atomic E-state index is 0.0449. The number of sulfone groups is 1. The van der Waals surface area contributed by atoms with Gasteiger partial charge in [-0.05, 0) is 55.2 Å². The summed E-state index contributed by atoms with van der Waals surface area (Å²) in [6.07, 6.45) is 3.87. The first-order valence-corrected chi connectivity index (χ1v) is 11.7. The van der Waals surface area contributed by atoms with Crippen molar-refractivity contribution in [1.29, 1.82) is 0 Å². The molecule has 3 aromatic rings. The van der Waals surface area contributed by atoms with Crippen LogP contribution in [0.15, 0.2) is 48.8 Å². The highest BCUT2D eigenvalue weighted by molar-refractivity contribution is 7.91. The van der Waals surface area contributed by atoms with Crippen molar-refractivity contribution in [2.75, 3.05) is 11.5 Å². The van der Waals surface area contributed by atoms with Crippen LogP contribution in [0.5, 0.6) is 0 Å². The zero-order valence-corrected chi connectivity index (χ0v) is 17.8. The van der Waals surface area contributed by atoms with Crippen LogP contribution < -0.4 is 5.32 Å². The fraction of sp³-hybridized carbons (Fsp3) is 0.318. The number of pyridine rings is 1. The molecule has 0 radical (unpaired) electrons. The van der Waals surface area contributed by atoms with Gasteiger partial charge in [-0.1, -0.05) is 18.2 Å². The molecule has 1 aliphatic rings. The minimum Gasteiger partial charge on any atom is -0.347 e. The number of carbonyl (C=O) groups is 1. The molecule has 2 aromatic heterocycles. The van der Waals surface area contributed by atoms with E-state index in [1.165, 1.54) is 5.56 Å². The van der Waals surface area contributed by atoms with Crippen LogP contribution in [0.4, 0.5) is 0 Å². The number of rotatable bonds is 5. The number of carbonyl (C=O) groups excluding carboxylic acids is 1. The lowest BCUT2D eigenvalue weighted by Crippen LogP contribution is -2.24. The van der Waals surface area contributed by atoms with Gasteiger partial charge in [0.25, 0.3) is 5.91 Å². The van der Waals surface area contributed by atoms with E-state index in [-0.39, 0.29) is 29.1 Å². The number of benzene rings is 1. The van der Waals surface area contributed by atoms with E-state index < -0.39 is 9.84 Å². The Balaban J connectivity index is 1.66. The van der Waals surface area contributed by atoms with Gasteiger partial charge in [0, 0.05) is 24.5 Å². The SMILES string of the molecule is Cc1ccc(-c2cc(C(=O)NCc3cccnc3)nn2C2CCS(=O)(=O)C2)cc1C.